The van der Waals surface area contributed by atoms with Gasteiger partial charge in [-0.1, -0.05) is 6.07 Å². The summed E-state index contributed by atoms with van der Waals surface area (Å²) in [6.45, 7) is 0. The van der Waals surface area contributed by atoms with Crippen LogP contribution in [-0.2, 0) is 22.9 Å². The minimum absolute atomic E-state index is 0.264. The maximum absolute atomic E-state index is 12.3. The molecule has 0 radical (unpaired) electrons. The van der Waals surface area contributed by atoms with Gasteiger partial charge in [-0.2, -0.15) is 0 Å². The molecule has 5 nitrogen and oxygen atoms in total. The normalized spacial score (nSPS) is 14.0. The van der Waals surface area contributed by atoms with Crippen LogP contribution in [0.2, 0.25) is 0 Å². The van der Waals surface area contributed by atoms with E-state index in [4.69, 9.17) is 5.73 Å². The lowest BCUT2D eigenvalue weighted by Crippen LogP contribution is -2.14. The predicted molar refractivity (Wildman–Crippen MR) is 77.9 cm³/mol. The molecule has 0 amide bonds. The second-order valence-electron chi connectivity index (χ2n) is 4.87. The third-order valence-electron chi connectivity index (χ3n) is 3.41. The van der Waals surface area contributed by atoms with Gasteiger partial charge in [0, 0.05) is 0 Å². The fraction of sp³-hybridized carbons (Fsp3) is 0.214. The van der Waals surface area contributed by atoms with Gasteiger partial charge in [0.15, 0.2) is 0 Å². The quantitative estimate of drug-likeness (QED) is 0.904. The van der Waals surface area contributed by atoms with Crippen LogP contribution in [-0.4, -0.2) is 13.4 Å². The van der Waals surface area contributed by atoms with Crippen LogP contribution in [0.1, 0.15) is 17.5 Å². The molecule has 1 aliphatic carbocycles. The summed E-state index contributed by atoms with van der Waals surface area (Å²) < 4.78 is 27.1. The van der Waals surface area contributed by atoms with E-state index in [0.717, 1.165) is 24.8 Å². The van der Waals surface area contributed by atoms with Gasteiger partial charge >= 0.3 is 0 Å². The molecule has 0 unspecified atom stereocenters. The summed E-state index contributed by atoms with van der Waals surface area (Å²) in [5.41, 5.74) is 8.38. The summed E-state index contributed by atoms with van der Waals surface area (Å²) >= 11 is 0. The van der Waals surface area contributed by atoms with Crippen molar-refractivity contribution >= 4 is 21.5 Å². The van der Waals surface area contributed by atoms with E-state index >= 15 is 0 Å². The Kier molecular flexibility index (Phi) is 3.10. The number of benzene rings is 1. The third kappa shape index (κ3) is 2.46. The van der Waals surface area contributed by atoms with Gasteiger partial charge in [0.05, 0.1) is 16.8 Å². The van der Waals surface area contributed by atoms with Crippen molar-refractivity contribution < 1.29 is 8.42 Å². The Hall–Kier alpha value is -2.08. The van der Waals surface area contributed by atoms with E-state index in [1.165, 1.54) is 11.8 Å². The molecule has 3 N–H and O–H groups in total. The highest BCUT2D eigenvalue weighted by Gasteiger charge is 2.18. The van der Waals surface area contributed by atoms with Gasteiger partial charge in [-0.25, -0.2) is 13.4 Å². The average Bonchev–Trinajstić information content (AvgIpc) is 2.88. The zero-order valence-electron chi connectivity index (χ0n) is 10.8. The van der Waals surface area contributed by atoms with Gasteiger partial charge in [-0.05, 0) is 54.7 Å². The number of aromatic nitrogens is 1. The maximum atomic E-state index is 12.3. The van der Waals surface area contributed by atoms with Gasteiger partial charge in [0.2, 0.25) is 0 Å². The molecule has 104 valence electrons. The van der Waals surface area contributed by atoms with Crippen molar-refractivity contribution in [3.63, 3.8) is 0 Å². The highest BCUT2D eigenvalue weighted by Crippen LogP contribution is 2.25. The Balaban J connectivity index is 1.90. The number of nitrogens with one attached hydrogen (secondary N) is 1. The molecule has 0 atom stereocenters. The highest BCUT2D eigenvalue weighted by molar-refractivity contribution is 7.92. The third-order valence-corrected chi connectivity index (χ3v) is 4.76. The monoisotopic (exact) mass is 289 g/mol. The molecule has 1 aliphatic rings. The van der Waals surface area contributed by atoms with Crippen LogP contribution >= 0.6 is 0 Å². The molecule has 0 fully saturated rings. The lowest BCUT2D eigenvalue weighted by atomic mass is 10.1. The van der Waals surface area contributed by atoms with Gasteiger partial charge in [-0.15, -0.1) is 0 Å². The molecule has 0 bridgehead atoms. The molecule has 1 aromatic carbocycles. The van der Waals surface area contributed by atoms with Gasteiger partial charge < -0.3 is 5.73 Å². The Labute approximate surface area is 117 Å². The molecule has 2 aromatic rings. The van der Waals surface area contributed by atoms with Gasteiger partial charge in [-0.3, -0.25) is 4.72 Å². The van der Waals surface area contributed by atoms with Gasteiger partial charge in [0.25, 0.3) is 10.0 Å². The lowest BCUT2D eigenvalue weighted by molar-refractivity contribution is 0.601. The fourth-order valence-electron chi connectivity index (χ4n) is 2.38. The fourth-order valence-corrected chi connectivity index (χ4v) is 3.44. The topological polar surface area (TPSA) is 85.1 Å². The minimum Gasteiger partial charge on any atom is -0.397 e. The lowest BCUT2D eigenvalue weighted by Gasteiger charge is -2.09. The van der Waals surface area contributed by atoms with Crippen LogP contribution in [0.15, 0.2) is 41.4 Å². The number of sulfonamides is 1. The smallest absolute Gasteiger partial charge is 0.263 e. The van der Waals surface area contributed by atoms with Crippen LogP contribution in [0, 0.1) is 0 Å². The number of fused-ring (bicyclic) bond motifs is 1. The van der Waals surface area contributed by atoms with Crippen molar-refractivity contribution in [3.05, 3.63) is 47.7 Å². The molecule has 3 rings (SSSR count). The summed E-state index contributed by atoms with van der Waals surface area (Å²) in [6, 6.07) is 8.44. The van der Waals surface area contributed by atoms with Crippen molar-refractivity contribution in [2.24, 2.45) is 0 Å². The number of nitrogens with zero attached hydrogens (tertiary/aromatic N) is 1. The first-order valence-electron chi connectivity index (χ1n) is 6.41. The number of aryl methyl sites for hydroxylation is 2. The van der Waals surface area contributed by atoms with Crippen LogP contribution in [0.3, 0.4) is 0 Å². The SMILES string of the molecule is Nc1ccc(NS(=O)(=O)c2ccc3c(c2)CCC3)nc1. The van der Waals surface area contributed by atoms with Crippen molar-refractivity contribution in [1.29, 1.82) is 0 Å². The summed E-state index contributed by atoms with van der Waals surface area (Å²) in [5.74, 6) is 0.264. The van der Waals surface area contributed by atoms with Crippen LogP contribution < -0.4 is 10.5 Å². The molecular formula is C14H15N3O2S. The number of pyridine rings is 1. The Bertz CT molecular complexity index is 740. The first-order valence-corrected chi connectivity index (χ1v) is 7.89. The Morgan fingerprint density at radius 1 is 1.10 bits per heavy atom. The summed E-state index contributed by atoms with van der Waals surface area (Å²) in [5, 5.41) is 0. The summed E-state index contributed by atoms with van der Waals surface area (Å²) in [4.78, 5) is 4.22. The minimum atomic E-state index is -3.60. The van der Waals surface area contributed by atoms with E-state index in [9.17, 15) is 8.42 Å². The second kappa shape index (κ2) is 4.79. The number of anilines is 2. The predicted octanol–water partition coefficient (Wildman–Crippen LogP) is 1.95. The standard InChI is InChI=1S/C14H15N3O2S/c15-12-5-7-14(16-9-12)17-20(18,19)13-6-4-10-2-1-3-11(10)8-13/h4-9H,1-3,15H2,(H,16,17). The maximum Gasteiger partial charge on any atom is 0.263 e. The number of rotatable bonds is 3. The first kappa shape index (κ1) is 12.9. The number of hydrogen-bond acceptors (Lipinski definition) is 4. The zero-order chi connectivity index (χ0) is 14.2. The van der Waals surface area contributed by atoms with E-state index in [1.807, 2.05) is 6.07 Å². The first-order chi connectivity index (χ1) is 9.54. The van der Waals surface area contributed by atoms with E-state index in [0.29, 0.717) is 5.69 Å². The summed E-state index contributed by atoms with van der Waals surface area (Å²) in [7, 11) is -3.60. The molecule has 0 spiro atoms. The van der Waals surface area contributed by atoms with Crippen LogP contribution in [0.25, 0.3) is 0 Å². The second-order valence-corrected chi connectivity index (χ2v) is 6.55. The molecule has 0 aliphatic heterocycles. The highest BCUT2D eigenvalue weighted by atomic mass is 32.2. The molecule has 0 saturated carbocycles. The zero-order valence-corrected chi connectivity index (χ0v) is 11.7. The van der Waals surface area contributed by atoms with Crippen LogP contribution in [0.5, 0.6) is 0 Å². The van der Waals surface area contributed by atoms with Crippen molar-refractivity contribution in [1.82, 2.24) is 4.98 Å². The van der Waals surface area contributed by atoms with Crippen molar-refractivity contribution in [2.45, 2.75) is 24.2 Å². The number of hydrogen-bond donors (Lipinski definition) is 2. The van der Waals surface area contributed by atoms with Gasteiger partial charge in [0.1, 0.15) is 5.82 Å². The molecule has 1 heterocycles. The molecule has 1 aromatic heterocycles. The average molecular weight is 289 g/mol. The van der Waals surface area contributed by atoms with Crippen LogP contribution in [0.4, 0.5) is 11.5 Å². The van der Waals surface area contributed by atoms with E-state index in [-0.39, 0.29) is 10.7 Å². The van der Waals surface area contributed by atoms with E-state index in [2.05, 4.69) is 9.71 Å². The largest absolute Gasteiger partial charge is 0.397 e. The van der Waals surface area contributed by atoms with Crippen molar-refractivity contribution in [3.8, 4) is 0 Å². The Morgan fingerprint density at radius 3 is 2.65 bits per heavy atom. The van der Waals surface area contributed by atoms with E-state index < -0.39 is 10.0 Å². The number of nitrogen functional groups attached to an aromatic ring is 1. The number of nitrogens with two attached hydrogens (primary N) is 1. The molecular weight excluding hydrogens is 274 g/mol. The summed E-state index contributed by atoms with van der Waals surface area (Å²) in [6.07, 6.45) is 4.48. The molecule has 0 saturated heterocycles. The molecule has 6 heteroatoms. The van der Waals surface area contributed by atoms with E-state index in [1.54, 1.807) is 24.3 Å². The molecule has 20 heavy (non-hydrogen) atoms. The Morgan fingerprint density at radius 2 is 1.90 bits per heavy atom. The van der Waals surface area contributed by atoms with Crippen molar-refractivity contribution in [2.75, 3.05) is 10.5 Å².